The van der Waals surface area contributed by atoms with Gasteiger partial charge in [-0.05, 0) is 44.5 Å². The minimum absolute atomic E-state index is 0.0634. The number of carboxylic acid groups (broad SMARTS) is 1. The van der Waals surface area contributed by atoms with Crippen LogP contribution in [0.4, 0.5) is 0 Å². The maximum atomic E-state index is 11.0. The Bertz CT molecular complexity index is 698. The predicted molar refractivity (Wildman–Crippen MR) is 91.0 cm³/mol. The minimum atomic E-state index is -0.849. The highest BCUT2D eigenvalue weighted by Crippen LogP contribution is 2.26. The van der Waals surface area contributed by atoms with Crippen molar-refractivity contribution in [3.8, 4) is 0 Å². The Labute approximate surface area is 142 Å². The Hall–Kier alpha value is -2.21. The van der Waals surface area contributed by atoms with E-state index in [1.165, 1.54) is 0 Å². The number of likely N-dealkylation sites (tertiary alicyclic amines) is 1. The van der Waals surface area contributed by atoms with Gasteiger partial charge in [0, 0.05) is 48.7 Å². The molecule has 6 heteroatoms. The molecule has 1 unspecified atom stereocenters. The molecule has 0 spiro atoms. The third kappa shape index (κ3) is 4.20. The normalized spacial score (nSPS) is 18.6. The summed E-state index contributed by atoms with van der Waals surface area (Å²) in [6.45, 7) is 4.99. The fraction of sp³-hybridized carbons (Fsp3) is 0.500. The monoisotopic (exact) mass is 328 g/mol. The van der Waals surface area contributed by atoms with Crippen LogP contribution in [0.1, 0.15) is 35.8 Å². The van der Waals surface area contributed by atoms with E-state index in [0.717, 1.165) is 56.0 Å². The highest BCUT2D eigenvalue weighted by atomic mass is 16.4. The second-order valence-corrected chi connectivity index (χ2v) is 6.47. The van der Waals surface area contributed by atoms with Crippen LogP contribution >= 0.6 is 0 Å². The van der Waals surface area contributed by atoms with E-state index in [9.17, 15) is 4.79 Å². The van der Waals surface area contributed by atoms with Gasteiger partial charge in [0.25, 0.3) is 0 Å². The van der Waals surface area contributed by atoms with Crippen LogP contribution in [0.15, 0.2) is 30.5 Å². The summed E-state index contributed by atoms with van der Waals surface area (Å²) >= 11 is 0. The molecule has 1 fully saturated rings. The van der Waals surface area contributed by atoms with E-state index >= 15 is 0 Å². The Morgan fingerprint density at radius 2 is 2.25 bits per heavy atom. The number of aliphatic carboxylic acids is 1. The second-order valence-electron chi connectivity index (χ2n) is 6.47. The highest BCUT2D eigenvalue weighted by molar-refractivity contribution is 5.66. The number of rotatable bonds is 6. The zero-order valence-corrected chi connectivity index (χ0v) is 14.1. The smallest absolute Gasteiger partial charge is 0.325 e. The van der Waals surface area contributed by atoms with Crippen molar-refractivity contribution in [2.24, 2.45) is 0 Å². The quantitative estimate of drug-likeness (QED) is 0.879. The van der Waals surface area contributed by atoms with Crippen molar-refractivity contribution in [3.05, 3.63) is 47.5 Å². The summed E-state index contributed by atoms with van der Waals surface area (Å²) < 4.78 is 1.62. The molecule has 3 heterocycles. The van der Waals surface area contributed by atoms with Crippen LogP contribution in [0.25, 0.3) is 0 Å². The molecule has 3 rings (SSSR count). The molecule has 0 aliphatic carbocycles. The molecule has 0 aromatic carbocycles. The summed E-state index contributed by atoms with van der Waals surface area (Å²) in [5.74, 6) is -0.496. The predicted octanol–water partition coefficient (Wildman–Crippen LogP) is 2.09. The molecule has 128 valence electrons. The second kappa shape index (κ2) is 7.57. The summed E-state index contributed by atoms with van der Waals surface area (Å²) in [5, 5.41) is 13.2. The summed E-state index contributed by atoms with van der Waals surface area (Å²) in [6.07, 6.45) is 4.87. The van der Waals surface area contributed by atoms with E-state index in [1.807, 2.05) is 19.1 Å². The molecule has 1 N–H and O–H groups in total. The van der Waals surface area contributed by atoms with Crippen molar-refractivity contribution >= 4 is 5.97 Å². The summed E-state index contributed by atoms with van der Waals surface area (Å²) in [6, 6.07) is 8.11. The van der Waals surface area contributed by atoms with Crippen LogP contribution in [0.2, 0.25) is 0 Å². The van der Waals surface area contributed by atoms with Gasteiger partial charge in [0.1, 0.15) is 6.54 Å². The molecule has 6 nitrogen and oxygen atoms in total. The third-order valence-electron chi connectivity index (χ3n) is 4.59. The van der Waals surface area contributed by atoms with Crippen LogP contribution in [0, 0.1) is 6.92 Å². The first-order valence-corrected chi connectivity index (χ1v) is 8.50. The molecule has 2 aromatic heterocycles. The van der Waals surface area contributed by atoms with Gasteiger partial charge < -0.3 is 10.0 Å². The maximum absolute atomic E-state index is 11.0. The highest BCUT2D eigenvalue weighted by Gasteiger charge is 2.24. The van der Waals surface area contributed by atoms with Gasteiger partial charge in [0.2, 0.25) is 0 Å². The van der Waals surface area contributed by atoms with Crippen LogP contribution in [-0.2, 0) is 17.8 Å². The molecule has 2 aromatic rings. The van der Waals surface area contributed by atoms with Gasteiger partial charge in [-0.3, -0.25) is 14.5 Å². The Morgan fingerprint density at radius 3 is 3.04 bits per heavy atom. The first-order valence-electron chi connectivity index (χ1n) is 8.50. The zero-order chi connectivity index (χ0) is 16.9. The number of aryl methyl sites for hydroxylation is 1. The number of aromatic nitrogens is 3. The number of carbonyl (C=O) groups is 1. The van der Waals surface area contributed by atoms with E-state index in [1.54, 1.807) is 10.9 Å². The van der Waals surface area contributed by atoms with Crippen molar-refractivity contribution in [2.75, 3.05) is 19.6 Å². The summed E-state index contributed by atoms with van der Waals surface area (Å²) in [4.78, 5) is 18.0. The van der Waals surface area contributed by atoms with Crippen LogP contribution in [0.3, 0.4) is 0 Å². The number of nitrogens with zero attached hydrogens (tertiary/aromatic N) is 4. The lowest BCUT2D eigenvalue weighted by atomic mass is 9.94. The molecule has 0 bridgehead atoms. The van der Waals surface area contributed by atoms with Gasteiger partial charge in [-0.25, -0.2) is 0 Å². The molecule has 24 heavy (non-hydrogen) atoms. The number of hydrogen-bond acceptors (Lipinski definition) is 4. The lowest BCUT2D eigenvalue weighted by Gasteiger charge is -2.32. The molecule has 1 aliphatic rings. The molecule has 0 saturated carbocycles. The fourth-order valence-corrected chi connectivity index (χ4v) is 3.46. The Balaban J connectivity index is 1.60. The number of hydrogen-bond donors (Lipinski definition) is 1. The van der Waals surface area contributed by atoms with Gasteiger partial charge >= 0.3 is 5.97 Å². The van der Waals surface area contributed by atoms with E-state index in [0.29, 0.717) is 5.92 Å². The summed E-state index contributed by atoms with van der Waals surface area (Å²) in [5.41, 5.74) is 3.23. The van der Waals surface area contributed by atoms with Gasteiger partial charge in [0.15, 0.2) is 0 Å². The minimum Gasteiger partial charge on any atom is -0.480 e. The van der Waals surface area contributed by atoms with Crippen molar-refractivity contribution in [1.82, 2.24) is 19.7 Å². The summed E-state index contributed by atoms with van der Waals surface area (Å²) in [7, 11) is 0. The van der Waals surface area contributed by atoms with Gasteiger partial charge in [-0.2, -0.15) is 5.10 Å². The van der Waals surface area contributed by atoms with E-state index in [2.05, 4.69) is 27.1 Å². The maximum Gasteiger partial charge on any atom is 0.325 e. The number of piperidine rings is 1. The average Bonchev–Trinajstić information content (AvgIpc) is 3.01. The van der Waals surface area contributed by atoms with Gasteiger partial charge in [-0.15, -0.1) is 0 Å². The lowest BCUT2D eigenvalue weighted by Crippen LogP contribution is -2.36. The van der Waals surface area contributed by atoms with Crippen LogP contribution in [-0.4, -0.2) is 50.4 Å². The first kappa shape index (κ1) is 16.6. The van der Waals surface area contributed by atoms with Crippen molar-refractivity contribution in [3.63, 3.8) is 0 Å². The van der Waals surface area contributed by atoms with E-state index in [-0.39, 0.29) is 6.54 Å². The van der Waals surface area contributed by atoms with Crippen LogP contribution < -0.4 is 0 Å². The third-order valence-corrected chi connectivity index (χ3v) is 4.59. The largest absolute Gasteiger partial charge is 0.480 e. The lowest BCUT2D eigenvalue weighted by molar-refractivity contribution is -0.137. The standard InChI is InChI=1S/C18H24N4O2/c1-14-4-2-6-16(20-14)8-11-21-10-3-5-15(12-21)17-7-9-19-22(17)13-18(23)24/h2,4,6-7,9,15H,3,5,8,10-13H2,1H3,(H,23,24). The van der Waals surface area contributed by atoms with E-state index < -0.39 is 5.97 Å². The zero-order valence-electron chi connectivity index (χ0n) is 14.1. The molecule has 1 saturated heterocycles. The Kier molecular flexibility index (Phi) is 5.25. The fourth-order valence-electron chi connectivity index (χ4n) is 3.46. The number of carboxylic acids is 1. The van der Waals surface area contributed by atoms with Crippen molar-refractivity contribution in [2.45, 2.75) is 38.6 Å². The number of pyridine rings is 1. The average molecular weight is 328 g/mol. The molecule has 1 atom stereocenters. The van der Waals surface area contributed by atoms with Crippen molar-refractivity contribution < 1.29 is 9.90 Å². The van der Waals surface area contributed by atoms with Crippen molar-refractivity contribution in [1.29, 1.82) is 0 Å². The van der Waals surface area contributed by atoms with Gasteiger partial charge in [0.05, 0.1) is 0 Å². The molecule has 0 radical (unpaired) electrons. The molecular weight excluding hydrogens is 304 g/mol. The van der Waals surface area contributed by atoms with Crippen LogP contribution in [0.5, 0.6) is 0 Å². The molecule has 1 aliphatic heterocycles. The molecular formula is C18H24N4O2. The van der Waals surface area contributed by atoms with E-state index in [4.69, 9.17) is 5.11 Å². The topological polar surface area (TPSA) is 71.2 Å². The Morgan fingerprint density at radius 1 is 1.38 bits per heavy atom. The SMILES string of the molecule is Cc1cccc(CCN2CCCC(c3ccnn3CC(=O)O)C2)n1. The first-order chi connectivity index (χ1) is 11.6. The van der Waals surface area contributed by atoms with Gasteiger partial charge in [-0.1, -0.05) is 6.07 Å². The molecule has 0 amide bonds.